The molecular weight excluding hydrogens is 188 g/mol. The number of benzene rings is 1. The monoisotopic (exact) mass is 199 g/mol. The molecule has 0 fully saturated rings. The fourth-order valence-electron chi connectivity index (χ4n) is 0.757. The van der Waals surface area contributed by atoms with Crippen LogP contribution in [0, 0.1) is 12.3 Å². The minimum atomic E-state index is -3.83. The molecule has 1 aromatic rings. The average molecular weight is 199 g/mol. The van der Waals surface area contributed by atoms with E-state index in [0.717, 1.165) is 5.56 Å². The third kappa shape index (κ3) is 2.53. The van der Waals surface area contributed by atoms with Gasteiger partial charge in [-0.15, -0.1) is 8.42 Å². The van der Waals surface area contributed by atoms with Crippen molar-refractivity contribution in [3.05, 3.63) is 34.2 Å². The van der Waals surface area contributed by atoms with E-state index in [1.165, 1.54) is 12.1 Å². The molecule has 1 rings (SSSR count). The SMILES string of the molecule is C.Cc1ccc(S(=O)(=O)[N+]#N)cc1. The number of sulfonamides is 1. The van der Waals surface area contributed by atoms with Gasteiger partial charge >= 0.3 is 10.0 Å². The maximum absolute atomic E-state index is 10.9. The maximum atomic E-state index is 10.9. The lowest BCUT2D eigenvalue weighted by atomic mass is 10.2. The third-order valence-corrected chi connectivity index (χ3v) is 2.51. The molecule has 1 aromatic carbocycles. The lowest BCUT2D eigenvalue weighted by molar-refractivity contribution is 0.603. The van der Waals surface area contributed by atoms with Crippen molar-refractivity contribution < 1.29 is 8.42 Å². The Morgan fingerprint density at radius 1 is 1.23 bits per heavy atom. The van der Waals surface area contributed by atoms with Crippen molar-refractivity contribution in [2.75, 3.05) is 0 Å². The molecule has 0 saturated heterocycles. The van der Waals surface area contributed by atoms with Gasteiger partial charge in [0.05, 0.1) is 0 Å². The number of nitrogens with zero attached hydrogens (tertiary/aromatic N) is 2. The van der Waals surface area contributed by atoms with Gasteiger partial charge in [-0.3, -0.25) is 0 Å². The van der Waals surface area contributed by atoms with Crippen LogP contribution in [0.15, 0.2) is 29.2 Å². The summed E-state index contributed by atoms with van der Waals surface area (Å²) in [6, 6.07) is 6.06. The summed E-state index contributed by atoms with van der Waals surface area (Å²) >= 11 is 0. The van der Waals surface area contributed by atoms with E-state index in [0.29, 0.717) is 0 Å². The molecule has 0 unspecified atom stereocenters. The minimum absolute atomic E-state index is 0. The van der Waals surface area contributed by atoms with Crippen LogP contribution in [0.1, 0.15) is 13.0 Å². The van der Waals surface area contributed by atoms with Gasteiger partial charge in [-0.1, -0.05) is 25.1 Å². The van der Waals surface area contributed by atoms with Crippen molar-refractivity contribution >= 4 is 10.0 Å². The quantitative estimate of drug-likeness (QED) is 0.651. The van der Waals surface area contributed by atoms with Gasteiger partial charge in [0.25, 0.3) is 4.38 Å². The summed E-state index contributed by atoms with van der Waals surface area (Å²) in [5.74, 6) is 0. The van der Waals surface area contributed by atoms with Crippen LogP contribution >= 0.6 is 0 Å². The lowest BCUT2D eigenvalue weighted by Crippen LogP contribution is -1.92. The van der Waals surface area contributed by atoms with Crippen LogP contribution in [0.4, 0.5) is 0 Å². The van der Waals surface area contributed by atoms with Crippen molar-refractivity contribution in [1.29, 1.82) is 5.39 Å². The van der Waals surface area contributed by atoms with E-state index in [9.17, 15) is 8.42 Å². The van der Waals surface area contributed by atoms with Crippen LogP contribution in [-0.2, 0) is 10.0 Å². The highest BCUT2D eigenvalue weighted by Crippen LogP contribution is 2.12. The minimum Gasteiger partial charge on any atom is -0.141 e. The van der Waals surface area contributed by atoms with Gasteiger partial charge in [0.1, 0.15) is 0 Å². The second-order valence-corrected chi connectivity index (χ2v) is 3.95. The molecule has 0 saturated carbocycles. The van der Waals surface area contributed by atoms with Gasteiger partial charge in [0.15, 0.2) is 4.90 Å². The van der Waals surface area contributed by atoms with E-state index >= 15 is 0 Å². The van der Waals surface area contributed by atoms with Crippen molar-refractivity contribution in [2.24, 2.45) is 0 Å². The molecule has 0 amide bonds. The molecule has 0 radical (unpaired) electrons. The Morgan fingerprint density at radius 2 is 1.69 bits per heavy atom. The fourth-order valence-corrected chi connectivity index (χ4v) is 1.33. The van der Waals surface area contributed by atoms with Crippen molar-refractivity contribution in [3.8, 4) is 0 Å². The smallest absolute Gasteiger partial charge is 0.141 e. The number of rotatable bonds is 1. The Balaban J connectivity index is 0.00000144. The fraction of sp³-hybridized carbons (Fsp3) is 0.250. The average Bonchev–Trinajstić information content (AvgIpc) is 2.05. The predicted octanol–water partition coefficient (Wildman–Crippen LogP) is 2.17. The summed E-state index contributed by atoms with van der Waals surface area (Å²) in [5.41, 5.74) is 0.951. The van der Waals surface area contributed by atoms with Crippen LogP contribution in [0.25, 0.3) is 4.38 Å². The first-order chi connectivity index (χ1) is 5.56. The van der Waals surface area contributed by atoms with Crippen molar-refractivity contribution in [2.45, 2.75) is 19.2 Å². The first-order valence-corrected chi connectivity index (χ1v) is 4.68. The van der Waals surface area contributed by atoms with Gasteiger partial charge in [0.2, 0.25) is 5.39 Å². The zero-order valence-corrected chi connectivity index (χ0v) is 7.25. The molecule has 4 nitrogen and oxygen atoms in total. The maximum Gasteiger partial charge on any atom is 0.552 e. The van der Waals surface area contributed by atoms with E-state index in [1.807, 2.05) is 6.92 Å². The third-order valence-electron chi connectivity index (χ3n) is 1.43. The zero-order chi connectivity index (χ0) is 9.19. The predicted molar refractivity (Wildman–Crippen MR) is 50.2 cm³/mol. The van der Waals surface area contributed by atoms with E-state index in [2.05, 4.69) is 4.38 Å². The second-order valence-electron chi connectivity index (χ2n) is 2.37. The molecule has 70 valence electrons. The number of diazo groups is 1. The van der Waals surface area contributed by atoms with Crippen LogP contribution in [-0.4, -0.2) is 8.42 Å². The van der Waals surface area contributed by atoms with Crippen molar-refractivity contribution in [1.82, 2.24) is 0 Å². The van der Waals surface area contributed by atoms with E-state index in [1.54, 1.807) is 12.1 Å². The van der Waals surface area contributed by atoms with Gasteiger partial charge in [-0.05, 0) is 19.1 Å². The number of hydrogen-bond donors (Lipinski definition) is 0. The van der Waals surface area contributed by atoms with Gasteiger partial charge < -0.3 is 0 Å². The largest absolute Gasteiger partial charge is 0.552 e. The highest BCUT2D eigenvalue weighted by molar-refractivity contribution is 7.93. The highest BCUT2D eigenvalue weighted by atomic mass is 32.2. The molecule has 5 heteroatoms. The summed E-state index contributed by atoms with van der Waals surface area (Å²) in [6.07, 6.45) is 0. The molecule has 0 bridgehead atoms. The molecule has 0 atom stereocenters. The summed E-state index contributed by atoms with van der Waals surface area (Å²) in [7, 11) is -3.83. The van der Waals surface area contributed by atoms with Gasteiger partial charge in [0, 0.05) is 0 Å². The summed E-state index contributed by atoms with van der Waals surface area (Å²) in [6.45, 7) is 1.84. The van der Waals surface area contributed by atoms with Crippen molar-refractivity contribution in [3.63, 3.8) is 0 Å². The number of aryl methyl sites for hydroxylation is 1. The second kappa shape index (κ2) is 4.01. The Hall–Kier alpha value is -1.41. The Labute approximate surface area is 77.9 Å². The number of hydrogen-bond acceptors (Lipinski definition) is 3. The first-order valence-electron chi connectivity index (χ1n) is 3.24. The van der Waals surface area contributed by atoms with E-state index in [-0.39, 0.29) is 12.3 Å². The van der Waals surface area contributed by atoms with Gasteiger partial charge in [-0.2, -0.15) is 0 Å². The summed E-state index contributed by atoms with van der Waals surface area (Å²) in [5, 5.41) is 8.15. The molecular formula is C8H11N2O2S+. The molecule has 0 aliphatic rings. The van der Waals surface area contributed by atoms with E-state index < -0.39 is 10.0 Å². The Kier molecular flexibility index (Phi) is 3.57. The summed E-state index contributed by atoms with van der Waals surface area (Å²) in [4.78, 5) is -0.00407. The first kappa shape index (κ1) is 11.6. The summed E-state index contributed by atoms with van der Waals surface area (Å²) < 4.78 is 24.1. The Bertz CT molecular complexity index is 414. The molecule has 0 aliphatic carbocycles. The standard InChI is InChI=1S/C7H7N2O2S.CH4/c1-6-2-4-7(5-3-6)12(10,11)9-8;/h2-5H,1H3;1H4/q+1;. The van der Waals surface area contributed by atoms with Crippen LogP contribution in [0.2, 0.25) is 0 Å². The van der Waals surface area contributed by atoms with Crippen LogP contribution in [0.5, 0.6) is 0 Å². The lowest BCUT2D eigenvalue weighted by Gasteiger charge is -1.89. The van der Waals surface area contributed by atoms with E-state index in [4.69, 9.17) is 5.39 Å². The molecule has 0 heterocycles. The van der Waals surface area contributed by atoms with Gasteiger partial charge in [-0.25, -0.2) is 0 Å². The topological polar surface area (TPSA) is 62.3 Å². The highest BCUT2D eigenvalue weighted by Gasteiger charge is 2.25. The molecule has 13 heavy (non-hydrogen) atoms. The normalized spacial score (nSPS) is 9.85. The molecule has 0 aliphatic heterocycles. The van der Waals surface area contributed by atoms with Crippen LogP contribution < -0.4 is 0 Å². The molecule has 0 N–H and O–H groups in total. The zero-order valence-electron chi connectivity index (χ0n) is 6.43. The Morgan fingerprint density at radius 3 is 2.08 bits per heavy atom. The molecule has 0 aromatic heterocycles. The molecule has 0 spiro atoms. The van der Waals surface area contributed by atoms with Crippen LogP contribution in [0.3, 0.4) is 0 Å².